The van der Waals surface area contributed by atoms with Gasteiger partial charge in [-0.05, 0) is 19.4 Å². The number of fused-ring (bicyclic) bond motifs is 3. The van der Waals surface area contributed by atoms with Gasteiger partial charge in [-0.2, -0.15) is 0 Å². The Labute approximate surface area is 96.6 Å². The molecule has 4 fully saturated rings. The van der Waals surface area contributed by atoms with Gasteiger partial charge in [0.25, 0.3) is 5.97 Å². The van der Waals surface area contributed by atoms with E-state index < -0.39 is 5.97 Å². The van der Waals surface area contributed by atoms with Crippen molar-refractivity contribution in [3.8, 4) is 0 Å². The maximum atomic E-state index is 5.79. The van der Waals surface area contributed by atoms with Gasteiger partial charge in [0, 0.05) is 17.9 Å². The number of ether oxygens (including phenoxy) is 3. The molecule has 2 bridgehead atoms. The van der Waals surface area contributed by atoms with E-state index in [1.54, 1.807) is 0 Å². The monoisotopic (exact) mass is 227 g/mol. The molecular weight excluding hydrogens is 206 g/mol. The fourth-order valence-corrected chi connectivity index (χ4v) is 2.68. The molecule has 4 heterocycles. The summed E-state index contributed by atoms with van der Waals surface area (Å²) in [5.41, 5.74) is 0.0712. The zero-order chi connectivity index (χ0) is 11.1. The van der Waals surface area contributed by atoms with E-state index >= 15 is 0 Å². The minimum Gasteiger partial charge on any atom is -0.327 e. The Morgan fingerprint density at radius 3 is 2.38 bits per heavy atom. The summed E-state index contributed by atoms with van der Waals surface area (Å²) in [6.45, 7) is 5.55. The molecule has 4 aliphatic heterocycles. The van der Waals surface area contributed by atoms with Crippen molar-refractivity contribution in [1.82, 2.24) is 5.32 Å². The lowest BCUT2D eigenvalue weighted by molar-refractivity contribution is -0.468. The molecule has 0 spiro atoms. The molecule has 4 rings (SSSR count). The molecule has 1 N–H and O–H groups in total. The quantitative estimate of drug-likeness (QED) is 0.771. The largest absolute Gasteiger partial charge is 0.327 e. The Hall–Kier alpha value is -0.160. The fourth-order valence-electron chi connectivity index (χ4n) is 2.68. The summed E-state index contributed by atoms with van der Waals surface area (Å²) in [4.78, 5) is 0. The molecule has 0 saturated carbocycles. The second kappa shape index (κ2) is 3.95. The molecule has 1 atom stereocenters. The molecule has 0 aromatic rings. The van der Waals surface area contributed by atoms with Crippen LogP contribution in [0.15, 0.2) is 0 Å². The van der Waals surface area contributed by atoms with Crippen LogP contribution < -0.4 is 5.32 Å². The summed E-state index contributed by atoms with van der Waals surface area (Å²) in [5, 5.41) is 3.51. The molecular formula is C12H21NO3. The lowest BCUT2D eigenvalue weighted by Gasteiger charge is -2.51. The number of rotatable bonds is 2. The standard InChI is InChI=1S/C12H21NO3/c1-11-7-14-12(15-8-11,16-9-11)6-10-4-2-3-5-13-10/h10,13H,2-9H2,1H3. The summed E-state index contributed by atoms with van der Waals surface area (Å²) in [7, 11) is 0. The van der Waals surface area contributed by atoms with Gasteiger partial charge in [-0.25, -0.2) is 0 Å². The van der Waals surface area contributed by atoms with Crippen LogP contribution in [0.5, 0.6) is 0 Å². The molecule has 4 nitrogen and oxygen atoms in total. The van der Waals surface area contributed by atoms with Crippen LogP contribution >= 0.6 is 0 Å². The van der Waals surface area contributed by atoms with E-state index in [0.29, 0.717) is 6.04 Å². The maximum absolute atomic E-state index is 5.79. The van der Waals surface area contributed by atoms with Crippen molar-refractivity contribution in [1.29, 1.82) is 0 Å². The third-order valence-corrected chi connectivity index (χ3v) is 3.83. The summed E-state index contributed by atoms with van der Waals surface area (Å²) in [6.07, 6.45) is 4.60. The molecule has 0 aromatic carbocycles. The van der Waals surface area contributed by atoms with E-state index in [4.69, 9.17) is 14.2 Å². The molecule has 0 amide bonds. The highest BCUT2D eigenvalue weighted by atomic mass is 16.9. The van der Waals surface area contributed by atoms with E-state index in [-0.39, 0.29) is 5.41 Å². The highest BCUT2D eigenvalue weighted by Gasteiger charge is 2.51. The van der Waals surface area contributed by atoms with Gasteiger partial charge in [0.1, 0.15) is 0 Å². The van der Waals surface area contributed by atoms with E-state index in [9.17, 15) is 0 Å². The molecule has 1 unspecified atom stereocenters. The van der Waals surface area contributed by atoms with Gasteiger partial charge in [0.05, 0.1) is 19.8 Å². The van der Waals surface area contributed by atoms with Crippen molar-refractivity contribution < 1.29 is 14.2 Å². The smallest absolute Gasteiger partial charge is 0.284 e. The molecule has 0 aliphatic carbocycles. The van der Waals surface area contributed by atoms with Crippen LogP contribution in [-0.4, -0.2) is 38.4 Å². The zero-order valence-corrected chi connectivity index (χ0v) is 9.96. The lowest BCUT2D eigenvalue weighted by Crippen LogP contribution is -2.60. The first-order chi connectivity index (χ1) is 7.70. The van der Waals surface area contributed by atoms with Crippen LogP contribution in [-0.2, 0) is 14.2 Å². The van der Waals surface area contributed by atoms with Crippen molar-refractivity contribution >= 4 is 0 Å². The van der Waals surface area contributed by atoms with Crippen molar-refractivity contribution in [2.75, 3.05) is 26.4 Å². The highest BCUT2D eigenvalue weighted by molar-refractivity contribution is 4.87. The second-order valence-electron chi connectivity index (χ2n) is 5.71. The van der Waals surface area contributed by atoms with E-state index in [1.807, 2.05) is 0 Å². The van der Waals surface area contributed by atoms with Crippen molar-refractivity contribution in [3.05, 3.63) is 0 Å². The zero-order valence-electron chi connectivity index (χ0n) is 9.96. The molecule has 4 aliphatic rings. The third-order valence-electron chi connectivity index (χ3n) is 3.83. The number of hydrogen-bond acceptors (Lipinski definition) is 4. The number of piperidine rings is 1. The maximum Gasteiger partial charge on any atom is 0.284 e. The molecule has 0 radical (unpaired) electrons. The van der Waals surface area contributed by atoms with Gasteiger partial charge in [-0.15, -0.1) is 0 Å². The van der Waals surface area contributed by atoms with E-state index in [2.05, 4.69) is 12.2 Å². The van der Waals surface area contributed by atoms with Gasteiger partial charge in [-0.3, -0.25) is 0 Å². The van der Waals surface area contributed by atoms with Gasteiger partial charge in [0.15, 0.2) is 0 Å². The predicted molar refractivity (Wildman–Crippen MR) is 59.0 cm³/mol. The Bertz CT molecular complexity index is 238. The van der Waals surface area contributed by atoms with Crippen LogP contribution in [0.2, 0.25) is 0 Å². The van der Waals surface area contributed by atoms with Gasteiger partial charge in [0.2, 0.25) is 0 Å². The Morgan fingerprint density at radius 1 is 1.12 bits per heavy atom. The topological polar surface area (TPSA) is 39.7 Å². The minimum absolute atomic E-state index is 0.0712. The third kappa shape index (κ3) is 1.99. The summed E-state index contributed by atoms with van der Waals surface area (Å²) >= 11 is 0. The Balaban J connectivity index is 1.61. The second-order valence-corrected chi connectivity index (χ2v) is 5.71. The summed E-state index contributed by atoms with van der Waals surface area (Å²) in [5.74, 6) is -0.743. The van der Waals surface area contributed by atoms with Crippen LogP contribution in [0.3, 0.4) is 0 Å². The first-order valence-electron chi connectivity index (χ1n) is 6.35. The molecule has 92 valence electrons. The highest BCUT2D eigenvalue weighted by Crippen LogP contribution is 2.40. The minimum atomic E-state index is -0.743. The SMILES string of the molecule is CC12COC(CC3CCCCN3)(OC1)OC2. The van der Waals surface area contributed by atoms with E-state index in [0.717, 1.165) is 32.8 Å². The Kier molecular flexibility index (Phi) is 2.70. The van der Waals surface area contributed by atoms with Crippen molar-refractivity contribution in [3.63, 3.8) is 0 Å². The fraction of sp³-hybridized carbons (Fsp3) is 1.00. The van der Waals surface area contributed by atoms with Gasteiger partial charge < -0.3 is 19.5 Å². The lowest BCUT2D eigenvalue weighted by atomic mass is 9.90. The van der Waals surface area contributed by atoms with Crippen LogP contribution in [0.25, 0.3) is 0 Å². The van der Waals surface area contributed by atoms with Crippen molar-refractivity contribution in [2.45, 2.75) is 44.6 Å². The van der Waals surface area contributed by atoms with Crippen LogP contribution in [0.1, 0.15) is 32.6 Å². The van der Waals surface area contributed by atoms with E-state index in [1.165, 1.54) is 19.3 Å². The number of hydrogen-bond donors (Lipinski definition) is 1. The first kappa shape index (κ1) is 11.0. The molecule has 4 saturated heterocycles. The summed E-state index contributed by atoms with van der Waals surface area (Å²) in [6, 6.07) is 0.483. The van der Waals surface area contributed by atoms with Crippen LogP contribution in [0, 0.1) is 5.41 Å². The molecule has 0 aromatic heterocycles. The average Bonchev–Trinajstić information content (AvgIpc) is 2.33. The Morgan fingerprint density at radius 2 is 1.81 bits per heavy atom. The van der Waals surface area contributed by atoms with Gasteiger partial charge in [-0.1, -0.05) is 13.3 Å². The average molecular weight is 227 g/mol. The predicted octanol–water partition coefficient (Wildman–Crippen LogP) is 1.26. The first-order valence-corrected chi connectivity index (χ1v) is 6.35. The molecule has 16 heavy (non-hydrogen) atoms. The van der Waals surface area contributed by atoms with Crippen LogP contribution in [0.4, 0.5) is 0 Å². The van der Waals surface area contributed by atoms with Crippen molar-refractivity contribution in [2.24, 2.45) is 5.41 Å². The normalized spacial score (nSPS) is 48.2. The number of nitrogens with one attached hydrogen (secondary N) is 1. The molecule has 4 heteroatoms. The summed E-state index contributed by atoms with van der Waals surface area (Å²) < 4.78 is 17.4. The van der Waals surface area contributed by atoms with Gasteiger partial charge >= 0.3 is 0 Å².